The highest BCUT2D eigenvalue weighted by Crippen LogP contribution is 2.42. The van der Waals surface area contributed by atoms with Crippen molar-refractivity contribution in [3.05, 3.63) is 0 Å². The molecule has 0 saturated carbocycles. The fourth-order valence-corrected chi connectivity index (χ4v) is 4.11. The lowest BCUT2D eigenvalue weighted by molar-refractivity contribution is -0.147. The van der Waals surface area contributed by atoms with Crippen LogP contribution in [0.5, 0.6) is 0 Å². The van der Waals surface area contributed by atoms with E-state index in [4.69, 9.17) is 10.5 Å². The molecule has 4 N–H and O–H groups in total. The Bertz CT molecular complexity index is 479. The monoisotopic (exact) mass is 481 g/mol. The number of nitrogens with two attached hydrogens (primary N) is 1. The van der Waals surface area contributed by atoms with Gasteiger partial charge in [0.05, 0.1) is 13.2 Å². The zero-order valence-electron chi connectivity index (χ0n) is 20.2. The van der Waals surface area contributed by atoms with Crippen LogP contribution in [0.15, 0.2) is 0 Å². The van der Waals surface area contributed by atoms with E-state index in [-0.39, 0.29) is 25.7 Å². The molecule has 0 aliphatic rings. The van der Waals surface area contributed by atoms with Crippen LogP contribution in [0.4, 0.5) is 0 Å². The molecule has 1 unspecified atom stereocenters. The molecular formula is C23H48NO7P. The molecule has 0 fully saturated rings. The van der Waals surface area contributed by atoms with Crippen molar-refractivity contribution in [1.29, 1.82) is 0 Å². The molecular weight excluding hydrogens is 433 g/mol. The van der Waals surface area contributed by atoms with Gasteiger partial charge in [0.2, 0.25) is 0 Å². The Labute approximate surface area is 195 Å². The highest BCUT2D eigenvalue weighted by atomic mass is 31.2. The van der Waals surface area contributed by atoms with Gasteiger partial charge in [0, 0.05) is 13.0 Å². The summed E-state index contributed by atoms with van der Waals surface area (Å²) < 4.78 is 25.5. The number of unbranched alkanes of at least 4 members (excludes halogenated alkanes) is 14. The van der Waals surface area contributed by atoms with Crippen LogP contribution in [-0.4, -0.2) is 48.4 Å². The number of aliphatic hydroxyl groups is 1. The highest BCUT2D eigenvalue weighted by Gasteiger charge is 2.22. The number of ether oxygens (including phenoxy) is 1. The van der Waals surface area contributed by atoms with E-state index in [0.29, 0.717) is 6.42 Å². The van der Waals surface area contributed by atoms with Crippen molar-refractivity contribution in [3.8, 4) is 0 Å². The molecule has 9 heteroatoms. The van der Waals surface area contributed by atoms with Crippen LogP contribution in [-0.2, 0) is 23.1 Å². The van der Waals surface area contributed by atoms with Gasteiger partial charge >= 0.3 is 13.8 Å². The van der Waals surface area contributed by atoms with E-state index in [0.717, 1.165) is 19.3 Å². The Morgan fingerprint density at radius 1 is 0.812 bits per heavy atom. The topological polar surface area (TPSA) is 128 Å². The number of phosphoric acid groups is 1. The first-order chi connectivity index (χ1) is 15.4. The Kier molecular flexibility index (Phi) is 22.0. The number of rotatable bonds is 24. The summed E-state index contributed by atoms with van der Waals surface area (Å²) in [6.45, 7) is 1.45. The van der Waals surface area contributed by atoms with Crippen molar-refractivity contribution in [2.75, 3.05) is 26.4 Å². The van der Waals surface area contributed by atoms with Crippen molar-refractivity contribution in [3.63, 3.8) is 0 Å². The molecule has 192 valence electrons. The van der Waals surface area contributed by atoms with Gasteiger partial charge in [0.25, 0.3) is 0 Å². The molecule has 0 aliphatic carbocycles. The van der Waals surface area contributed by atoms with Crippen molar-refractivity contribution < 1.29 is 33.1 Å². The van der Waals surface area contributed by atoms with E-state index in [2.05, 4.69) is 16.0 Å². The van der Waals surface area contributed by atoms with Gasteiger partial charge in [-0.2, -0.15) is 0 Å². The van der Waals surface area contributed by atoms with E-state index in [1.807, 2.05) is 0 Å². The fourth-order valence-electron chi connectivity index (χ4n) is 3.34. The van der Waals surface area contributed by atoms with Crippen LogP contribution in [0.1, 0.15) is 110 Å². The minimum Gasteiger partial charge on any atom is -0.463 e. The predicted molar refractivity (Wildman–Crippen MR) is 127 cm³/mol. The van der Waals surface area contributed by atoms with Crippen LogP contribution in [0, 0.1) is 0 Å². The minimum absolute atomic E-state index is 0.0768. The van der Waals surface area contributed by atoms with E-state index < -0.39 is 20.5 Å². The van der Waals surface area contributed by atoms with Gasteiger partial charge in [-0.25, -0.2) is 4.57 Å². The molecule has 0 aromatic heterocycles. The number of esters is 1. The van der Waals surface area contributed by atoms with E-state index in [1.54, 1.807) is 0 Å². The third-order valence-electron chi connectivity index (χ3n) is 5.22. The average Bonchev–Trinajstić information content (AvgIpc) is 2.77. The summed E-state index contributed by atoms with van der Waals surface area (Å²) in [5, 5.41) is 9.68. The molecule has 8 nitrogen and oxygen atoms in total. The molecule has 0 saturated heterocycles. The van der Waals surface area contributed by atoms with Gasteiger partial charge in [-0.15, -0.1) is 0 Å². The molecule has 0 radical (unpaired) electrons. The van der Waals surface area contributed by atoms with E-state index in [1.165, 1.54) is 77.0 Å². The average molecular weight is 482 g/mol. The number of hydrogen-bond acceptors (Lipinski definition) is 7. The summed E-state index contributed by atoms with van der Waals surface area (Å²) in [7, 11) is -4.24. The Balaban J connectivity index is 3.41. The summed E-state index contributed by atoms with van der Waals surface area (Å²) in [5.41, 5.74) is 5.17. The lowest BCUT2D eigenvalue weighted by Gasteiger charge is -2.15. The van der Waals surface area contributed by atoms with Gasteiger partial charge in [-0.1, -0.05) is 96.8 Å². The number of carbonyl (C=O) groups excluding carboxylic acids is 1. The Hall–Kier alpha value is -0.500. The maximum atomic E-state index is 11.7. The van der Waals surface area contributed by atoms with Gasteiger partial charge in [-0.05, 0) is 6.42 Å². The Morgan fingerprint density at radius 3 is 1.75 bits per heavy atom. The molecule has 0 aliphatic heterocycles. The molecule has 32 heavy (non-hydrogen) atoms. The SMILES string of the molecule is CCCCCCCCCCCCCCCCCC(=O)OC[C@H](O)COP(=O)(O)OCCN. The van der Waals surface area contributed by atoms with Gasteiger partial charge in [0.1, 0.15) is 12.7 Å². The lowest BCUT2D eigenvalue weighted by Crippen LogP contribution is -2.23. The van der Waals surface area contributed by atoms with Crippen LogP contribution < -0.4 is 5.73 Å². The molecule has 0 aromatic rings. The van der Waals surface area contributed by atoms with Gasteiger partial charge in [-0.3, -0.25) is 13.8 Å². The van der Waals surface area contributed by atoms with Crippen LogP contribution in [0.25, 0.3) is 0 Å². The third-order valence-corrected chi connectivity index (χ3v) is 6.21. The summed E-state index contributed by atoms with van der Waals surface area (Å²) >= 11 is 0. The third kappa shape index (κ3) is 22.7. The van der Waals surface area contributed by atoms with E-state index >= 15 is 0 Å². The van der Waals surface area contributed by atoms with E-state index in [9.17, 15) is 19.4 Å². The molecule has 0 spiro atoms. The normalized spacial score (nSPS) is 14.2. The maximum absolute atomic E-state index is 11.7. The van der Waals surface area contributed by atoms with Crippen molar-refractivity contribution in [2.24, 2.45) is 5.73 Å². The Morgan fingerprint density at radius 2 is 1.28 bits per heavy atom. The first kappa shape index (κ1) is 31.5. The maximum Gasteiger partial charge on any atom is 0.472 e. The molecule has 0 amide bonds. The molecule has 0 heterocycles. The van der Waals surface area contributed by atoms with Crippen LogP contribution in [0.3, 0.4) is 0 Å². The largest absolute Gasteiger partial charge is 0.472 e. The number of aliphatic hydroxyl groups excluding tert-OH is 1. The summed E-state index contributed by atoms with van der Waals surface area (Å²) in [5.74, 6) is -0.384. The minimum atomic E-state index is -4.24. The quantitative estimate of drug-likeness (QED) is 0.0969. The fraction of sp³-hybridized carbons (Fsp3) is 0.957. The van der Waals surface area contributed by atoms with Crippen molar-refractivity contribution in [1.82, 2.24) is 0 Å². The second-order valence-electron chi connectivity index (χ2n) is 8.42. The number of carbonyl (C=O) groups is 1. The van der Waals surface area contributed by atoms with Crippen molar-refractivity contribution in [2.45, 2.75) is 116 Å². The zero-order valence-corrected chi connectivity index (χ0v) is 21.1. The predicted octanol–water partition coefficient (Wildman–Crippen LogP) is 5.24. The standard InChI is InChI=1S/C23H48NO7P/c1-2-3-4-5-6-7-8-9-10-11-12-13-14-15-16-17-23(26)29-20-22(25)21-31-32(27,28)30-19-18-24/h22,25H,2-21,24H2,1H3,(H,27,28)/t22-/m0/s1. The smallest absolute Gasteiger partial charge is 0.463 e. The second kappa shape index (κ2) is 22.3. The first-order valence-electron chi connectivity index (χ1n) is 12.6. The summed E-state index contributed by atoms with van der Waals surface area (Å²) in [4.78, 5) is 21.0. The van der Waals surface area contributed by atoms with Gasteiger partial charge < -0.3 is 20.5 Å². The van der Waals surface area contributed by atoms with Crippen LogP contribution in [0.2, 0.25) is 0 Å². The van der Waals surface area contributed by atoms with Crippen LogP contribution >= 0.6 is 7.82 Å². The number of phosphoric ester groups is 1. The summed E-state index contributed by atoms with van der Waals surface area (Å²) in [6, 6.07) is 0. The number of hydrogen-bond donors (Lipinski definition) is 3. The summed E-state index contributed by atoms with van der Waals surface area (Å²) in [6.07, 6.45) is 18.1. The zero-order chi connectivity index (χ0) is 23.9. The first-order valence-corrected chi connectivity index (χ1v) is 14.1. The second-order valence-corrected chi connectivity index (χ2v) is 9.88. The molecule has 0 aromatic carbocycles. The molecule has 0 rings (SSSR count). The van der Waals surface area contributed by atoms with Crippen molar-refractivity contribution >= 4 is 13.8 Å². The van der Waals surface area contributed by atoms with Gasteiger partial charge in [0.15, 0.2) is 0 Å². The molecule has 2 atom stereocenters. The lowest BCUT2D eigenvalue weighted by atomic mass is 10.0. The molecule has 0 bridgehead atoms. The highest BCUT2D eigenvalue weighted by molar-refractivity contribution is 7.47.